The highest BCUT2D eigenvalue weighted by Crippen LogP contribution is 2.36. The average Bonchev–Trinajstić information content (AvgIpc) is 2.77. The van der Waals surface area contributed by atoms with E-state index in [1.54, 1.807) is 5.56 Å². The van der Waals surface area contributed by atoms with Gasteiger partial charge in [0.1, 0.15) is 0 Å². The highest BCUT2D eigenvalue weighted by atomic mass is 15.2. The van der Waals surface area contributed by atoms with Crippen molar-refractivity contribution in [3.05, 3.63) is 76.3 Å². The summed E-state index contributed by atoms with van der Waals surface area (Å²) in [7, 11) is 0. The fraction of sp³-hybridized carbons (Fsp3) is 0.467. The van der Waals surface area contributed by atoms with Gasteiger partial charge in [0.2, 0.25) is 0 Å². The second kappa shape index (κ2) is 9.07. The number of hydrogen-bond acceptors (Lipinski definition) is 1. The number of benzene rings is 3. The lowest BCUT2D eigenvalue weighted by atomic mass is 9.84. The van der Waals surface area contributed by atoms with Gasteiger partial charge < -0.3 is 4.90 Å². The fourth-order valence-electron chi connectivity index (χ4n) is 5.43. The van der Waals surface area contributed by atoms with E-state index in [0.717, 1.165) is 12.8 Å². The lowest BCUT2D eigenvalue weighted by Gasteiger charge is -2.35. The van der Waals surface area contributed by atoms with E-state index < -0.39 is 0 Å². The van der Waals surface area contributed by atoms with Gasteiger partial charge in [0.05, 0.1) is 0 Å². The molecule has 1 nitrogen and oxygen atoms in total. The van der Waals surface area contributed by atoms with Crippen molar-refractivity contribution in [1.82, 2.24) is 0 Å². The zero-order valence-corrected chi connectivity index (χ0v) is 20.3. The van der Waals surface area contributed by atoms with Gasteiger partial charge in [-0.1, -0.05) is 70.2 Å². The summed E-state index contributed by atoms with van der Waals surface area (Å²) in [4.78, 5) is 2.59. The molecule has 1 heteroatoms. The van der Waals surface area contributed by atoms with Crippen molar-refractivity contribution in [2.75, 3.05) is 11.4 Å². The number of anilines is 1. The molecule has 0 aromatic heterocycles. The zero-order chi connectivity index (χ0) is 22.1. The molecule has 0 bridgehead atoms. The zero-order valence-electron chi connectivity index (χ0n) is 20.3. The first-order valence-electron chi connectivity index (χ1n) is 12.3. The van der Waals surface area contributed by atoms with Crippen LogP contribution in [0.1, 0.15) is 87.6 Å². The molecule has 1 aliphatic rings. The van der Waals surface area contributed by atoms with Crippen LogP contribution in [0.2, 0.25) is 0 Å². The third-order valence-corrected chi connectivity index (χ3v) is 7.19. The molecule has 0 saturated carbocycles. The van der Waals surface area contributed by atoms with Gasteiger partial charge in [-0.25, -0.2) is 0 Å². The Kier molecular flexibility index (Phi) is 6.42. The molecule has 0 saturated heterocycles. The molecule has 31 heavy (non-hydrogen) atoms. The van der Waals surface area contributed by atoms with E-state index in [9.17, 15) is 0 Å². The van der Waals surface area contributed by atoms with Crippen LogP contribution in [0.25, 0.3) is 10.8 Å². The van der Waals surface area contributed by atoms with E-state index in [1.165, 1.54) is 58.1 Å². The monoisotopic (exact) mass is 413 g/mol. The van der Waals surface area contributed by atoms with Crippen LogP contribution >= 0.6 is 0 Å². The Morgan fingerprint density at radius 3 is 2.39 bits per heavy atom. The maximum atomic E-state index is 2.59. The van der Waals surface area contributed by atoms with Gasteiger partial charge in [-0.2, -0.15) is 0 Å². The minimum Gasteiger partial charge on any atom is -0.369 e. The Morgan fingerprint density at radius 2 is 1.68 bits per heavy atom. The minimum atomic E-state index is 0.505. The summed E-state index contributed by atoms with van der Waals surface area (Å²) in [6.45, 7) is 15.2. The lowest BCUT2D eigenvalue weighted by Crippen LogP contribution is -2.35. The van der Waals surface area contributed by atoms with Gasteiger partial charge in [0, 0.05) is 18.3 Å². The quantitative estimate of drug-likeness (QED) is 0.395. The van der Waals surface area contributed by atoms with Gasteiger partial charge in [0.25, 0.3) is 0 Å². The van der Waals surface area contributed by atoms with Crippen LogP contribution in [0.15, 0.2) is 48.5 Å². The molecular formula is C30H39N. The predicted molar refractivity (Wildman–Crippen MR) is 137 cm³/mol. The Morgan fingerprint density at radius 1 is 0.903 bits per heavy atom. The number of nitrogens with zero attached hydrogens (tertiary/aromatic N) is 1. The summed E-state index contributed by atoms with van der Waals surface area (Å²) < 4.78 is 0. The van der Waals surface area contributed by atoms with Crippen LogP contribution in [0.5, 0.6) is 0 Å². The molecule has 1 unspecified atom stereocenters. The lowest BCUT2D eigenvalue weighted by molar-refractivity contribution is 0.623. The van der Waals surface area contributed by atoms with Crippen LogP contribution in [0.4, 0.5) is 5.69 Å². The second-order valence-electron chi connectivity index (χ2n) is 10.1. The first-order valence-corrected chi connectivity index (χ1v) is 12.3. The van der Waals surface area contributed by atoms with Gasteiger partial charge in [-0.05, 0) is 96.0 Å². The van der Waals surface area contributed by atoms with E-state index in [-0.39, 0.29) is 0 Å². The molecule has 0 N–H and O–H groups in total. The molecule has 3 aromatic carbocycles. The molecule has 1 heterocycles. The molecule has 1 aliphatic heterocycles. The normalized spacial score (nSPS) is 15.0. The van der Waals surface area contributed by atoms with Crippen molar-refractivity contribution in [2.24, 2.45) is 0 Å². The van der Waals surface area contributed by atoms with Crippen molar-refractivity contribution in [2.45, 2.75) is 85.1 Å². The second-order valence-corrected chi connectivity index (χ2v) is 10.1. The molecule has 0 fully saturated rings. The molecule has 1 atom stereocenters. The molecular weight excluding hydrogens is 374 g/mol. The predicted octanol–water partition coefficient (Wildman–Crippen LogP) is 8.03. The van der Waals surface area contributed by atoms with Crippen molar-refractivity contribution in [3.8, 4) is 0 Å². The van der Waals surface area contributed by atoms with Crippen molar-refractivity contribution in [1.29, 1.82) is 0 Å². The largest absolute Gasteiger partial charge is 0.369 e. The maximum absolute atomic E-state index is 2.59. The third kappa shape index (κ3) is 4.38. The standard InChI is InChI=1S/C30H39N/c1-7-23-10-11-24-12-15-27(30(20(2)3)28(24)18-23)17-22(6)26-14-13-25-9-8-16-31(21(4)5)29(25)19-26/h10-15,18-22H,7-9,16-17H2,1-6H3. The molecule has 0 radical (unpaired) electrons. The molecule has 3 aromatic rings. The SMILES string of the molecule is CCc1ccc2ccc(CC(C)c3ccc4c(c3)N(C(C)C)CCC4)c(C(C)C)c2c1. The van der Waals surface area contributed by atoms with E-state index in [2.05, 4.69) is 95.0 Å². The molecule has 0 spiro atoms. The number of aryl methyl sites for hydroxylation is 2. The maximum Gasteiger partial charge on any atom is 0.0403 e. The van der Waals surface area contributed by atoms with Gasteiger partial charge in [0.15, 0.2) is 0 Å². The highest BCUT2D eigenvalue weighted by Gasteiger charge is 2.21. The first kappa shape index (κ1) is 21.9. The Bertz CT molecular complexity index is 1060. The van der Waals surface area contributed by atoms with Crippen LogP contribution in [-0.2, 0) is 19.3 Å². The Labute approximate surface area is 189 Å². The summed E-state index contributed by atoms with van der Waals surface area (Å²) in [6.07, 6.45) is 4.68. The summed E-state index contributed by atoms with van der Waals surface area (Å²) in [6, 6.07) is 19.6. The number of fused-ring (bicyclic) bond motifs is 2. The van der Waals surface area contributed by atoms with Gasteiger partial charge in [-0.15, -0.1) is 0 Å². The molecule has 4 rings (SSSR count). The van der Waals surface area contributed by atoms with Crippen LogP contribution < -0.4 is 4.90 Å². The average molecular weight is 414 g/mol. The smallest absolute Gasteiger partial charge is 0.0403 e. The van der Waals surface area contributed by atoms with Crippen molar-refractivity contribution < 1.29 is 0 Å². The highest BCUT2D eigenvalue weighted by molar-refractivity contribution is 5.88. The van der Waals surface area contributed by atoms with E-state index in [4.69, 9.17) is 0 Å². The first-order chi connectivity index (χ1) is 14.9. The van der Waals surface area contributed by atoms with E-state index in [1.807, 2.05) is 0 Å². The van der Waals surface area contributed by atoms with Crippen LogP contribution in [-0.4, -0.2) is 12.6 Å². The molecule has 0 amide bonds. The summed E-state index contributed by atoms with van der Waals surface area (Å²) in [5, 5.41) is 2.83. The van der Waals surface area contributed by atoms with Crippen molar-refractivity contribution in [3.63, 3.8) is 0 Å². The number of rotatable bonds is 6. The fourth-order valence-corrected chi connectivity index (χ4v) is 5.43. The summed E-state index contributed by atoms with van der Waals surface area (Å²) >= 11 is 0. The summed E-state index contributed by atoms with van der Waals surface area (Å²) in [5.41, 5.74) is 8.96. The van der Waals surface area contributed by atoms with E-state index >= 15 is 0 Å². The minimum absolute atomic E-state index is 0.505. The third-order valence-electron chi connectivity index (χ3n) is 7.19. The number of hydrogen-bond donors (Lipinski definition) is 0. The van der Waals surface area contributed by atoms with E-state index in [0.29, 0.717) is 17.9 Å². The van der Waals surface area contributed by atoms with Crippen LogP contribution in [0.3, 0.4) is 0 Å². The van der Waals surface area contributed by atoms with Crippen LogP contribution in [0, 0.1) is 0 Å². The topological polar surface area (TPSA) is 3.24 Å². The van der Waals surface area contributed by atoms with Gasteiger partial charge in [-0.3, -0.25) is 0 Å². The Balaban J connectivity index is 1.69. The molecule has 164 valence electrons. The summed E-state index contributed by atoms with van der Waals surface area (Å²) in [5.74, 6) is 1.03. The Hall–Kier alpha value is -2.28. The van der Waals surface area contributed by atoms with Crippen molar-refractivity contribution >= 4 is 16.5 Å². The molecule has 0 aliphatic carbocycles. The van der Waals surface area contributed by atoms with Gasteiger partial charge >= 0.3 is 0 Å².